The van der Waals surface area contributed by atoms with Crippen LogP contribution >= 0.6 is 15.9 Å². The second-order valence-corrected chi connectivity index (χ2v) is 4.75. The third kappa shape index (κ3) is 2.73. The van der Waals surface area contributed by atoms with Crippen LogP contribution in [0, 0.1) is 0 Å². The predicted octanol–water partition coefficient (Wildman–Crippen LogP) is 2.25. The summed E-state index contributed by atoms with van der Waals surface area (Å²) >= 11 is 3.42. The van der Waals surface area contributed by atoms with Crippen molar-refractivity contribution in [1.82, 2.24) is 4.57 Å². The van der Waals surface area contributed by atoms with Gasteiger partial charge in [0, 0.05) is 18.0 Å². The molecule has 0 amide bonds. The summed E-state index contributed by atoms with van der Waals surface area (Å²) < 4.78 is 7.59. The summed E-state index contributed by atoms with van der Waals surface area (Å²) in [5.74, 6) is 0.763. The minimum atomic E-state index is -0.0730. The van der Waals surface area contributed by atoms with Gasteiger partial charge in [0.15, 0.2) is 0 Å². The second kappa shape index (κ2) is 5.27. The van der Waals surface area contributed by atoms with Crippen LogP contribution in [0.3, 0.4) is 0 Å². The van der Waals surface area contributed by atoms with Gasteiger partial charge in [0.25, 0.3) is 5.56 Å². The number of pyridine rings is 1. The number of hydrogen-bond acceptors (Lipinski definition) is 3. The summed E-state index contributed by atoms with van der Waals surface area (Å²) in [7, 11) is 1.61. The third-order valence-corrected chi connectivity index (χ3v) is 3.20. The number of halogens is 1. The molecule has 1 aromatic carbocycles. The van der Waals surface area contributed by atoms with Crippen LogP contribution in [0.1, 0.15) is 5.56 Å². The first-order valence-corrected chi connectivity index (χ1v) is 6.18. The zero-order valence-electron chi connectivity index (χ0n) is 9.89. The van der Waals surface area contributed by atoms with E-state index in [1.807, 2.05) is 18.2 Å². The van der Waals surface area contributed by atoms with Crippen molar-refractivity contribution in [2.45, 2.75) is 6.54 Å². The average Bonchev–Trinajstić information content (AvgIpc) is 2.34. The van der Waals surface area contributed by atoms with Gasteiger partial charge in [-0.15, -0.1) is 0 Å². The molecule has 1 heterocycles. The maximum absolute atomic E-state index is 11.7. The number of nitrogens with zero attached hydrogens (tertiary/aromatic N) is 1. The van der Waals surface area contributed by atoms with E-state index in [0.29, 0.717) is 12.2 Å². The number of hydrogen-bond donors (Lipinski definition) is 1. The Morgan fingerprint density at radius 2 is 2.11 bits per heavy atom. The number of benzene rings is 1. The molecule has 0 radical (unpaired) electrons. The fraction of sp³-hybridized carbons (Fsp3) is 0.154. The molecule has 0 fully saturated rings. The molecule has 0 spiro atoms. The topological polar surface area (TPSA) is 57.2 Å². The molecule has 94 valence electrons. The van der Waals surface area contributed by atoms with Gasteiger partial charge in [-0.2, -0.15) is 0 Å². The Hall–Kier alpha value is -1.75. The molecule has 5 heteroatoms. The van der Waals surface area contributed by atoms with Gasteiger partial charge in [-0.25, -0.2) is 0 Å². The van der Waals surface area contributed by atoms with Crippen LogP contribution in [0.15, 0.2) is 45.8 Å². The van der Waals surface area contributed by atoms with E-state index in [1.54, 1.807) is 23.9 Å². The van der Waals surface area contributed by atoms with Crippen LogP contribution in [0.25, 0.3) is 0 Å². The molecule has 0 bridgehead atoms. The Balaban J connectivity index is 2.31. The van der Waals surface area contributed by atoms with Crippen LogP contribution < -0.4 is 16.0 Å². The molecule has 0 saturated carbocycles. The van der Waals surface area contributed by atoms with Crippen molar-refractivity contribution < 1.29 is 4.74 Å². The number of nitrogen functional groups attached to an aromatic ring is 1. The highest BCUT2D eigenvalue weighted by Gasteiger charge is 2.03. The van der Waals surface area contributed by atoms with Crippen LogP contribution in [0.4, 0.5) is 5.69 Å². The highest BCUT2D eigenvalue weighted by atomic mass is 79.9. The van der Waals surface area contributed by atoms with Gasteiger partial charge in [-0.05, 0) is 39.7 Å². The van der Waals surface area contributed by atoms with Crippen molar-refractivity contribution >= 4 is 21.6 Å². The van der Waals surface area contributed by atoms with Gasteiger partial charge >= 0.3 is 0 Å². The van der Waals surface area contributed by atoms with Gasteiger partial charge in [0.2, 0.25) is 0 Å². The number of anilines is 1. The standard InChI is InChI=1S/C13H13BrN2O2/c1-18-12-4-2-9(6-11(12)14)7-16-8-10(15)3-5-13(16)17/h2-6,8H,7,15H2,1H3. The van der Waals surface area contributed by atoms with Crippen molar-refractivity contribution in [2.24, 2.45) is 0 Å². The quantitative estimate of drug-likeness (QED) is 0.946. The zero-order chi connectivity index (χ0) is 13.1. The van der Waals surface area contributed by atoms with Crippen molar-refractivity contribution in [3.8, 4) is 5.75 Å². The monoisotopic (exact) mass is 308 g/mol. The highest BCUT2D eigenvalue weighted by Crippen LogP contribution is 2.25. The van der Waals surface area contributed by atoms with Crippen LogP contribution in [-0.4, -0.2) is 11.7 Å². The maximum Gasteiger partial charge on any atom is 0.250 e. The van der Waals surface area contributed by atoms with Gasteiger partial charge in [0.1, 0.15) is 5.75 Å². The van der Waals surface area contributed by atoms with E-state index in [2.05, 4.69) is 15.9 Å². The number of aromatic nitrogens is 1. The lowest BCUT2D eigenvalue weighted by Crippen LogP contribution is -2.19. The minimum absolute atomic E-state index is 0.0730. The molecule has 0 saturated heterocycles. The van der Waals surface area contributed by atoms with Crippen molar-refractivity contribution in [1.29, 1.82) is 0 Å². The molecule has 0 atom stereocenters. The summed E-state index contributed by atoms with van der Waals surface area (Å²) in [6.45, 7) is 0.479. The van der Waals surface area contributed by atoms with Gasteiger partial charge in [-0.1, -0.05) is 6.07 Å². The number of methoxy groups -OCH3 is 1. The van der Waals surface area contributed by atoms with Gasteiger partial charge < -0.3 is 15.0 Å². The Labute approximate surface area is 113 Å². The van der Waals surface area contributed by atoms with E-state index in [0.717, 1.165) is 15.8 Å². The average molecular weight is 309 g/mol. The van der Waals surface area contributed by atoms with Crippen LogP contribution in [0.5, 0.6) is 5.75 Å². The smallest absolute Gasteiger partial charge is 0.250 e. The van der Waals surface area contributed by atoms with Crippen molar-refractivity contribution in [3.05, 3.63) is 56.9 Å². The first kappa shape index (κ1) is 12.7. The first-order chi connectivity index (χ1) is 8.60. The molecule has 18 heavy (non-hydrogen) atoms. The Bertz CT molecular complexity index is 623. The van der Waals surface area contributed by atoms with Gasteiger partial charge in [0.05, 0.1) is 18.1 Å². The van der Waals surface area contributed by atoms with E-state index in [1.165, 1.54) is 6.07 Å². The summed E-state index contributed by atoms with van der Waals surface area (Å²) in [5.41, 5.74) is 7.16. The fourth-order valence-electron chi connectivity index (χ4n) is 1.68. The van der Waals surface area contributed by atoms with E-state index in [-0.39, 0.29) is 5.56 Å². The molecule has 0 aliphatic rings. The molecule has 4 nitrogen and oxygen atoms in total. The fourth-order valence-corrected chi connectivity index (χ4v) is 2.27. The van der Waals surface area contributed by atoms with E-state index >= 15 is 0 Å². The van der Waals surface area contributed by atoms with Gasteiger partial charge in [-0.3, -0.25) is 4.79 Å². The predicted molar refractivity (Wildman–Crippen MR) is 74.9 cm³/mol. The SMILES string of the molecule is COc1ccc(Cn2cc(N)ccc2=O)cc1Br. The molecule has 0 aliphatic heterocycles. The van der Waals surface area contributed by atoms with Crippen molar-refractivity contribution in [3.63, 3.8) is 0 Å². The summed E-state index contributed by atoms with van der Waals surface area (Å²) in [6, 6.07) is 8.76. The lowest BCUT2D eigenvalue weighted by atomic mass is 10.2. The molecule has 2 aromatic rings. The lowest BCUT2D eigenvalue weighted by Gasteiger charge is -2.09. The molecule has 1 aromatic heterocycles. The summed E-state index contributed by atoms with van der Waals surface area (Å²) in [6.07, 6.45) is 1.64. The molecule has 2 N–H and O–H groups in total. The number of rotatable bonds is 3. The molecular formula is C13H13BrN2O2. The Morgan fingerprint density at radius 3 is 2.78 bits per heavy atom. The van der Waals surface area contributed by atoms with Crippen LogP contribution in [-0.2, 0) is 6.54 Å². The first-order valence-electron chi connectivity index (χ1n) is 5.38. The van der Waals surface area contributed by atoms with Crippen LogP contribution in [0.2, 0.25) is 0 Å². The largest absolute Gasteiger partial charge is 0.496 e. The zero-order valence-corrected chi connectivity index (χ0v) is 11.5. The molecule has 0 unspecified atom stereocenters. The minimum Gasteiger partial charge on any atom is -0.496 e. The normalized spacial score (nSPS) is 10.3. The number of ether oxygens (including phenoxy) is 1. The maximum atomic E-state index is 11.7. The molecule has 0 aliphatic carbocycles. The van der Waals surface area contributed by atoms with E-state index in [4.69, 9.17) is 10.5 Å². The Morgan fingerprint density at radius 1 is 1.33 bits per heavy atom. The second-order valence-electron chi connectivity index (χ2n) is 3.90. The summed E-state index contributed by atoms with van der Waals surface area (Å²) in [4.78, 5) is 11.7. The lowest BCUT2D eigenvalue weighted by molar-refractivity contribution is 0.412. The Kier molecular flexibility index (Phi) is 3.72. The van der Waals surface area contributed by atoms with E-state index < -0.39 is 0 Å². The van der Waals surface area contributed by atoms with Crippen molar-refractivity contribution in [2.75, 3.05) is 12.8 Å². The van der Waals surface area contributed by atoms with E-state index in [9.17, 15) is 4.79 Å². The third-order valence-electron chi connectivity index (χ3n) is 2.58. The summed E-state index contributed by atoms with van der Waals surface area (Å²) in [5, 5.41) is 0. The highest BCUT2D eigenvalue weighted by molar-refractivity contribution is 9.10. The molecular weight excluding hydrogens is 296 g/mol. The molecule has 2 rings (SSSR count). The number of nitrogens with two attached hydrogens (primary N) is 1.